The number of carboxylic acids is 1. The van der Waals surface area contributed by atoms with Gasteiger partial charge in [0.2, 0.25) is 5.91 Å². The molecule has 0 saturated carbocycles. The van der Waals surface area contributed by atoms with E-state index in [1.165, 1.54) is 4.90 Å². The number of carbonyl (C=O) groups is 2. The Hall–Kier alpha value is -1.32. The van der Waals surface area contributed by atoms with Crippen LogP contribution in [0.15, 0.2) is 12.7 Å². The molecule has 0 unspecified atom stereocenters. The van der Waals surface area contributed by atoms with E-state index in [1.54, 1.807) is 13.0 Å². The van der Waals surface area contributed by atoms with Crippen molar-refractivity contribution in [2.75, 3.05) is 6.54 Å². The van der Waals surface area contributed by atoms with Crippen molar-refractivity contribution >= 4 is 11.9 Å². The molecule has 0 aromatic heterocycles. The van der Waals surface area contributed by atoms with Crippen molar-refractivity contribution in [3.8, 4) is 0 Å². The molecule has 0 aliphatic carbocycles. The lowest BCUT2D eigenvalue weighted by molar-refractivity contribution is -0.155. The molecule has 1 N–H and O–H groups in total. The molecule has 16 heavy (non-hydrogen) atoms. The average Bonchev–Trinajstić information content (AvgIpc) is 2.62. The molecule has 0 aromatic rings. The summed E-state index contributed by atoms with van der Waals surface area (Å²) < 4.78 is 0. The van der Waals surface area contributed by atoms with Gasteiger partial charge in [-0.05, 0) is 32.6 Å². The first kappa shape index (κ1) is 12.7. The molecule has 1 aliphatic rings. The van der Waals surface area contributed by atoms with Crippen LogP contribution in [0.2, 0.25) is 0 Å². The Kier molecular flexibility index (Phi) is 4.10. The second kappa shape index (κ2) is 5.14. The third-order valence-corrected chi connectivity index (χ3v) is 3.20. The maximum Gasteiger partial charge on any atom is 0.329 e. The standard InChI is InChI=1S/C12H19NO3/c1-3-4-5-7-10(14)13-9-6-8-12(13,2)11(15)16/h3H,1,4-9H2,2H3,(H,15,16)/t12-/m0/s1. The van der Waals surface area contributed by atoms with Crippen molar-refractivity contribution in [1.29, 1.82) is 0 Å². The van der Waals surface area contributed by atoms with Crippen LogP contribution < -0.4 is 0 Å². The molecule has 0 aromatic carbocycles. The maximum atomic E-state index is 11.9. The van der Waals surface area contributed by atoms with Gasteiger partial charge < -0.3 is 10.0 Å². The van der Waals surface area contributed by atoms with E-state index in [4.69, 9.17) is 5.11 Å². The fourth-order valence-corrected chi connectivity index (χ4v) is 2.12. The number of rotatable bonds is 5. The zero-order chi connectivity index (χ0) is 12.2. The number of likely N-dealkylation sites (tertiary alicyclic amines) is 1. The summed E-state index contributed by atoms with van der Waals surface area (Å²) >= 11 is 0. The Morgan fingerprint density at radius 1 is 1.56 bits per heavy atom. The van der Waals surface area contributed by atoms with Gasteiger partial charge in [-0.2, -0.15) is 0 Å². The van der Waals surface area contributed by atoms with Gasteiger partial charge in [-0.15, -0.1) is 6.58 Å². The topological polar surface area (TPSA) is 57.6 Å². The number of allylic oxidation sites excluding steroid dienone is 1. The second-order valence-corrected chi connectivity index (χ2v) is 4.41. The predicted octanol–water partition coefficient (Wildman–Crippen LogP) is 1.81. The molecule has 1 fully saturated rings. The van der Waals surface area contributed by atoms with Gasteiger partial charge in [-0.1, -0.05) is 6.08 Å². The van der Waals surface area contributed by atoms with Crippen LogP contribution in [0.1, 0.15) is 39.0 Å². The molecule has 0 spiro atoms. The first-order valence-electron chi connectivity index (χ1n) is 5.67. The minimum absolute atomic E-state index is 0.0516. The highest BCUT2D eigenvalue weighted by atomic mass is 16.4. The highest BCUT2D eigenvalue weighted by Crippen LogP contribution is 2.30. The molecular formula is C12H19NO3. The van der Waals surface area contributed by atoms with E-state index in [9.17, 15) is 9.59 Å². The molecule has 1 rings (SSSR count). The average molecular weight is 225 g/mol. The largest absolute Gasteiger partial charge is 0.480 e. The third-order valence-electron chi connectivity index (χ3n) is 3.20. The van der Waals surface area contributed by atoms with Crippen LogP contribution >= 0.6 is 0 Å². The monoisotopic (exact) mass is 225 g/mol. The molecule has 1 atom stereocenters. The summed E-state index contributed by atoms with van der Waals surface area (Å²) in [7, 11) is 0. The van der Waals surface area contributed by atoms with Crippen LogP contribution in [-0.4, -0.2) is 34.0 Å². The molecule has 4 heteroatoms. The van der Waals surface area contributed by atoms with E-state index in [2.05, 4.69) is 6.58 Å². The van der Waals surface area contributed by atoms with Crippen LogP contribution in [0.3, 0.4) is 0 Å². The lowest BCUT2D eigenvalue weighted by atomic mass is 9.99. The summed E-state index contributed by atoms with van der Waals surface area (Å²) in [6, 6.07) is 0. The van der Waals surface area contributed by atoms with Crippen molar-refractivity contribution < 1.29 is 14.7 Å². The molecular weight excluding hydrogens is 206 g/mol. The van der Waals surface area contributed by atoms with Gasteiger partial charge in [-0.25, -0.2) is 4.79 Å². The number of aliphatic carboxylic acids is 1. The Balaban J connectivity index is 2.61. The van der Waals surface area contributed by atoms with Crippen LogP contribution in [0.5, 0.6) is 0 Å². The predicted molar refractivity (Wildman–Crippen MR) is 61.0 cm³/mol. The first-order chi connectivity index (χ1) is 7.52. The van der Waals surface area contributed by atoms with Crippen LogP contribution in [-0.2, 0) is 9.59 Å². The maximum absolute atomic E-state index is 11.9. The summed E-state index contributed by atoms with van der Waals surface area (Å²) in [4.78, 5) is 24.5. The highest BCUT2D eigenvalue weighted by molar-refractivity contribution is 5.87. The Morgan fingerprint density at radius 2 is 2.25 bits per heavy atom. The van der Waals surface area contributed by atoms with Crippen molar-refractivity contribution in [1.82, 2.24) is 4.90 Å². The lowest BCUT2D eigenvalue weighted by Gasteiger charge is -2.31. The van der Waals surface area contributed by atoms with E-state index in [-0.39, 0.29) is 5.91 Å². The number of nitrogens with zero attached hydrogens (tertiary/aromatic N) is 1. The van der Waals surface area contributed by atoms with E-state index < -0.39 is 11.5 Å². The number of carbonyl (C=O) groups excluding carboxylic acids is 1. The SMILES string of the molecule is C=CCCCC(=O)N1CCC[C@@]1(C)C(=O)O. The number of amides is 1. The molecule has 90 valence electrons. The van der Waals surface area contributed by atoms with Crippen molar-refractivity contribution in [3.05, 3.63) is 12.7 Å². The van der Waals surface area contributed by atoms with Gasteiger partial charge in [0, 0.05) is 13.0 Å². The molecule has 1 heterocycles. The summed E-state index contributed by atoms with van der Waals surface area (Å²) in [6.07, 6.45) is 5.05. The molecule has 1 saturated heterocycles. The minimum atomic E-state index is -0.995. The van der Waals surface area contributed by atoms with E-state index in [0.29, 0.717) is 19.4 Å². The summed E-state index contributed by atoms with van der Waals surface area (Å²) in [5, 5.41) is 9.15. The number of unbranched alkanes of at least 4 members (excludes halogenated alkanes) is 1. The molecule has 0 radical (unpaired) electrons. The van der Waals surface area contributed by atoms with Crippen molar-refractivity contribution in [3.63, 3.8) is 0 Å². The minimum Gasteiger partial charge on any atom is -0.480 e. The fraction of sp³-hybridized carbons (Fsp3) is 0.667. The molecule has 1 aliphatic heterocycles. The van der Waals surface area contributed by atoms with E-state index >= 15 is 0 Å². The molecule has 0 bridgehead atoms. The fourth-order valence-electron chi connectivity index (χ4n) is 2.12. The van der Waals surface area contributed by atoms with Gasteiger partial charge in [0.1, 0.15) is 5.54 Å². The zero-order valence-corrected chi connectivity index (χ0v) is 9.74. The van der Waals surface area contributed by atoms with Crippen molar-refractivity contribution in [2.24, 2.45) is 0 Å². The van der Waals surface area contributed by atoms with E-state index in [1.807, 2.05) is 0 Å². The number of carboxylic acid groups (broad SMARTS) is 1. The summed E-state index contributed by atoms with van der Waals surface area (Å²) in [5.41, 5.74) is -0.995. The summed E-state index contributed by atoms with van der Waals surface area (Å²) in [6.45, 7) is 5.79. The van der Waals surface area contributed by atoms with Crippen LogP contribution in [0, 0.1) is 0 Å². The van der Waals surface area contributed by atoms with Gasteiger partial charge in [0.25, 0.3) is 0 Å². The Labute approximate surface area is 95.9 Å². The van der Waals surface area contributed by atoms with E-state index in [0.717, 1.165) is 19.3 Å². The third kappa shape index (κ3) is 2.43. The second-order valence-electron chi connectivity index (χ2n) is 4.41. The van der Waals surface area contributed by atoms with Gasteiger partial charge >= 0.3 is 5.97 Å². The highest BCUT2D eigenvalue weighted by Gasteiger charge is 2.45. The molecule has 4 nitrogen and oxygen atoms in total. The Morgan fingerprint density at radius 3 is 2.81 bits per heavy atom. The van der Waals surface area contributed by atoms with Gasteiger partial charge in [0.05, 0.1) is 0 Å². The first-order valence-corrected chi connectivity index (χ1v) is 5.67. The van der Waals surface area contributed by atoms with Gasteiger partial charge in [0.15, 0.2) is 0 Å². The van der Waals surface area contributed by atoms with Gasteiger partial charge in [-0.3, -0.25) is 4.79 Å². The van der Waals surface area contributed by atoms with Crippen LogP contribution in [0.4, 0.5) is 0 Å². The van der Waals surface area contributed by atoms with Crippen molar-refractivity contribution in [2.45, 2.75) is 44.6 Å². The summed E-state index contributed by atoms with van der Waals surface area (Å²) in [5.74, 6) is -0.952. The molecule has 1 amide bonds. The lowest BCUT2D eigenvalue weighted by Crippen LogP contribution is -2.50. The van der Waals surface area contributed by atoms with Crippen LogP contribution in [0.25, 0.3) is 0 Å². The quantitative estimate of drug-likeness (QED) is 0.573. The normalized spacial score (nSPS) is 24.4. The Bertz CT molecular complexity index is 301. The smallest absolute Gasteiger partial charge is 0.329 e. The number of hydrogen-bond acceptors (Lipinski definition) is 2. The number of hydrogen-bond donors (Lipinski definition) is 1. The zero-order valence-electron chi connectivity index (χ0n) is 9.74.